The van der Waals surface area contributed by atoms with E-state index in [1.54, 1.807) is 16.9 Å². The van der Waals surface area contributed by atoms with Crippen molar-refractivity contribution in [2.75, 3.05) is 11.9 Å². The Kier molecular flexibility index (Phi) is 4.74. The molecule has 25 heavy (non-hydrogen) atoms. The van der Waals surface area contributed by atoms with Crippen LogP contribution < -0.4 is 10.6 Å². The van der Waals surface area contributed by atoms with Gasteiger partial charge in [0, 0.05) is 19.0 Å². The van der Waals surface area contributed by atoms with Gasteiger partial charge < -0.3 is 10.3 Å². The number of H-pyrrole nitrogens is 1. The number of anilines is 1. The second-order valence-electron chi connectivity index (χ2n) is 6.98. The molecule has 2 amide bonds. The Morgan fingerprint density at radius 3 is 2.80 bits per heavy atom. The van der Waals surface area contributed by atoms with Crippen LogP contribution in [-0.2, 0) is 12.0 Å². The molecule has 2 aromatic heterocycles. The monoisotopic (exact) mass is 340 g/mol. The smallest absolute Gasteiger partial charge is 0.320 e. The van der Waals surface area contributed by atoms with Gasteiger partial charge in [-0.15, -0.1) is 0 Å². The highest BCUT2D eigenvalue weighted by Gasteiger charge is 2.18. The number of aromatic amines is 1. The molecule has 7 nitrogen and oxygen atoms in total. The third-order valence-electron chi connectivity index (χ3n) is 3.83. The number of nitrogens with one attached hydrogen (secondary N) is 3. The summed E-state index contributed by atoms with van der Waals surface area (Å²) in [6, 6.07) is 9.52. The molecule has 3 rings (SSSR count). The van der Waals surface area contributed by atoms with Crippen LogP contribution in [0.1, 0.15) is 33.0 Å². The number of carbonyl (C=O) groups excluding carboxylic acids is 1. The zero-order valence-corrected chi connectivity index (χ0v) is 14.8. The van der Waals surface area contributed by atoms with E-state index in [1.807, 2.05) is 45.0 Å². The number of amides is 2. The first-order valence-electron chi connectivity index (χ1n) is 8.46. The number of fused-ring (bicyclic) bond motifs is 1. The van der Waals surface area contributed by atoms with E-state index >= 15 is 0 Å². The highest BCUT2D eigenvalue weighted by atomic mass is 16.2. The number of hydrogen-bond acceptors (Lipinski definition) is 3. The number of carbonyl (C=O) groups is 1. The minimum Gasteiger partial charge on any atom is -0.342 e. The highest BCUT2D eigenvalue weighted by Crippen LogP contribution is 2.18. The van der Waals surface area contributed by atoms with Crippen LogP contribution in [0.25, 0.3) is 11.0 Å². The maximum Gasteiger partial charge on any atom is 0.320 e. The fourth-order valence-corrected chi connectivity index (χ4v) is 2.67. The third kappa shape index (κ3) is 4.17. The second kappa shape index (κ2) is 6.96. The van der Waals surface area contributed by atoms with E-state index in [-0.39, 0.29) is 11.6 Å². The van der Waals surface area contributed by atoms with Gasteiger partial charge in [-0.2, -0.15) is 5.10 Å². The van der Waals surface area contributed by atoms with Crippen LogP contribution in [0.4, 0.5) is 10.6 Å². The fourth-order valence-electron chi connectivity index (χ4n) is 2.67. The molecule has 3 aromatic rings. The molecule has 2 heterocycles. The molecule has 0 bridgehead atoms. The topological polar surface area (TPSA) is 87.6 Å². The molecule has 0 fully saturated rings. The molecule has 0 aliphatic rings. The van der Waals surface area contributed by atoms with Gasteiger partial charge in [0.25, 0.3) is 0 Å². The van der Waals surface area contributed by atoms with E-state index in [9.17, 15) is 4.79 Å². The third-order valence-corrected chi connectivity index (χ3v) is 3.83. The molecular formula is C18H24N6O. The van der Waals surface area contributed by atoms with Crippen LogP contribution in [0.5, 0.6) is 0 Å². The van der Waals surface area contributed by atoms with Crippen LogP contribution in [0.15, 0.2) is 36.5 Å². The molecule has 0 unspecified atom stereocenters. The molecular weight excluding hydrogens is 316 g/mol. The number of nitrogens with zero attached hydrogens (tertiary/aromatic N) is 3. The van der Waals surface area contributed by atoms with Gasteiger partial charge >= 0.3 is 6.03 Å². The number of imidazole rings is 1. The molecule has 0 aliphatic carbocycles. The predicted molar refractivity (Wildman–Crippen MR) is 98.7 cm³/mol. The quantitative estimate of drug-likeness (QED) is 0.623. The second-order valence-corrected chi connectivity index (χ2v) is 6.98. The molecule has 0 radical (unpaired) electrons. The number of aryl methyl sites for hydroxylation is 1. The van der Waals surface area contributed by atoms with E-state index in [2.05, 4.69) is 25.7 Å². The number of para-hydroxylation sites is 2. The number of urea groups is 1. The summed E-state index contributed by atoms with van der Waals surface area (Å²) in [6.45, 7) is 6.69. The maximum absolute atomic E-state index is 12.1. The van der Waals surface area contributed by atoms with E-state index in [1.165, 1.54) is 0 Å². The van der Waals surface area contributed by atoms with Crippen molar-refractivity contribution in [3.05, 3.63) is 42.4 Å². The zero-order valence-electron chi connectivity index (χ0n) is 14.8. The Labute approximate surface area is 146 Å². The maximum atomic E-state index is 12.1. The summed E-state index contributed by atoms with van der Waals surface area (Å²) in [5.74, 6) is 1.62. The van der Waals surface area contributed by atoms with Gasteiger partial charge in [0.1, 0.15) is 11.6 Å². The number of hydrogen-bond donors (Lipinski definition) is 3. The van der Waals surface area contributed by atoms with Crippen molar-refractivity contribution in [3.63, 3.8) is 0 Å². The Hall–Kier alpha value is -2.83. The zero-order chi connectivity index (χ0) is 17.9. The van der Waals surface area contributed by atoms with Gasteiger partial charge in [0.2, 0.25) is 0 Å². The molecule has 3 N–H and O–H groups in total. The molecule has 1 aromatic carbocycles. The lowest BCUT2D eigenvalue weighted by atomic mass is 10.1. The van der Waals surface area contributed by atoms with Gasteiger partial charge in [0.15, 0.2) is 0 Å². The fraction of sp³-hybridized carbons (Fsp3) is 0.389. The molecule has 7 heteroatoms. The minimum absolute atomic E-state index is 0.187. The van der Waals surface area contributed by atoms with Crippen molar-refractivity contribution in [1.29, 1.82) is 0 Å². The summed E-state index contributed by atoms with van der Waals surface area (Å²) in [5, 5.41) is 9.97. The van der Waals surface area contributed by atoms with Gasteiger partial charge in [-0.25, -0.2) is 14.5 Å². The van der Waals surface area contributed by atoms with E-state index in [0.717, 1.165) is 29.7 Å². The Morgan fingerprint density at radius 2 is 2.04 bits per heavy atom. The van der Waals surface area contributed by atoms with Crippen LogP contribution >= 0.6 is 0 Å². The Morgan fingerprint density at radius 1 is 1.24 bits per heavy atom. The Balaban J connectivity index is 1.46. The van der Waals surface area contributed by atoms with E-state index < -0.39 is 0 Å². The average molecular weight is 340 g/mol. The van der Waals surface area contributed by atoms with Crippen LogP contribution in [0.3, 0.4) is 0 Å². The molecule has 0 atom stereocenters. The molecule has 0 saturated heterocycles. The summed E-state index contributed by atoms with van der Waals surface area (Å²) in [5.41, 5.74) is 1.82. The van der Waals surface area contributed by atoms with Gasteiger partial charge in [-0.3, -0.25) is 5.32 Å². The predicted octanol–water partition coefficient (Wildman–Crippen LogP) is 3.27. The Bertz CT molecular complexity index is 825. The SMILES string of the molecule is CC(C)(C)n1nccc1NC(=O)NCCCc1nc2ccccc2[nH]1. The largest absolute Gasteiger partial charge is 0.342 e. The first-order valence-corrected chi connectivity index (χ1v) is 8.46. The van der Waals surface area contributed by atoms with Crippen molar-refractivity contribution in [2.24, 2.45) is 0 Å². The van der Waals surface area contributed by atoms with E-state index in [0.29, 0.717) is 12.4 Å². The van der Waals surface area contributed by atoms with Crippen LogP contribution in [-0.4, -0.2) is 32.3 Å². The molecule has 132 valence electrons. The molecule has 0 spiro atoms. The molecule has 0 aliphatic heterocycles. The standard InChI is InChI=1S/C18H24N6O/c1-18(2,3)24-16(10-12-20-24)23-17(25)19-11-6-9-15-21-13-7-4-5-8-14(13)22-15/h4-5,7-8,10,12H,6,9,11H2,1-3H3,(H,21,22)(H2,19,23,25). The lowest BCUT2D eigenvalue weighted by Gasteiger charge is -2.22. The highest BCUT2D eigenvalue weighted by molar-refractivity contribution is 5.88. The summed E-state index contributed by atoms with van der Waals surface area (Å²) in [7, 11) is 0. The first kappa shape index (κ1) is 17.0. The van der Waals surface area contributed by atoms with Gasteiger partial charge in [0.05, 0.1) is 22.8 Å². The van der Waals surface area contributed by atoms with Crippen molar-refractivity contribution >= 4 is 22.9 Å². The summed E-state index contributed by atoms with van der Waals surface area (Å²) in [4.78, 5) is 19.9. The number of aromatic nitrogens is 4. The average Bonchev–Trinajstić information content (AvgIpc) is 3.17. The van der Waals surface area contributed by atoms with Crippen LogP contribution in [0, 0.1) is 0 Å². The number of benzene rings is 1. The van der Waals surface area contributed by atoms with Gasteiger partial charge in [-0.05, 0) is 39.3 Å². The van der Waals surface area contributed by atoms with Crippen molar-refractivity contribution < 1.29 is 4.79 Å². The van der Waals surface area contributed by atoms with Crippen molar-refractivity contribution in [1.82, 2.24) is 25.1 Å². The molecule has 0 saturated carbocycles. The summed E-state index contributed by atoms with van der Waals surface area (Å²) in [6.07, 6.45) is 3.28. The van der Waals surface area contributed by atoms with Gasteiger partial charge in [-0.1, -0.05) is 12.1 Å². The van der Waals surface area contributed by atoms with Crippen LogP contribution in [0.2, 0.25) is 0 Å². The lowest BCUT2D eigenvalue weighted by molar-refractivity contribution is 0.251. The number of rotatable bonds is 5. The summed E-state index contributed by atoms with van der Waals surface area (Å²) >= 11 is 0. The lowest BCUT2D eigenvalue weighted by Crippen LogP contribution is -2.33. The normalized spacial score (nSPS) is 11.6. The van der Waals surface area contributed by atoms with Crippen molar-refractivity contribution in [2.45, 2.75) is 39.2 Å². The van der Waals surface area contributed by atoms with E-state index in [4.69, 9.17) is 0 Å². The first-order chi connectivity index (χ1) is 11.9. The minimum atomic E-state index is -0.226. The van der Waals surface area contributed by atoms with Crippen molar-refractivity contribution in [3.8, 4) is 0 Å². The summed E-state index contributed by atoms with van der Waals surface area (Å²) < 4.78 is 1.79.